The van der Waals surface area contributed by atoms with Crippen LogP contribution in [0, 0.1) is 0 Å². The van der Waals surface area contributed by atoms with Crippen LogP contribution < -0.4 is 5.32 Å². The lowest BCUT2D eigenvalue weighted by molar-refractivity contribution is 0.104. The summed E-state index contributed by atoms with van der Waals surface area (Å²) in [6.07, 6.45) is 1.56. The molecule has 0 heterocycles. The Bertz CT molecular complexity index is 931. The van der Waals surface area contributed by atoms with Crippen molar-refractivity contribution in [1.29, 1.82) is 0 Å². The van der Waals surface area contributed by atoms with Crippen LogP contribution >= 0.6 is 34.8 Å². The van der Waals surface area contributed by atoms with Crippen molar-refractivity contribution >= 4 is 52.0 Å². The summed E-state index contributed by atoms with van der Waals surface area (Å²) in [7, 11) is 0. The van der Waals surface area contributed by atoms with Crippen molar-refractivity contribution in [2.75, 3.05) is 5.32 Å². The average molecular weight is 403 g/mol. The predicted octanol–water partition coefficient (Wildman–Crippen LogP) is 6.98. The predicted molar refractivity (Wildman–Crippen MR) is 110 cm³/mol. The van der Waals surface area contributed by atoms with Crippen molar-refractivity contribution in [3.05, 3.63) is 105 Å². The van der Waals surface area contributed by atoms with Gasteiger partial charge < -0.3 is 5.32 Å². The van der Waals surface area contributed by atoms with E-state index in [2.05, 4.69) is 5.32 Å². The van der Waals surface area contributed by atoms with Gasteiger partial charge in [0.1, 0.15) is 0 Å². The molecule has 0 bridgehead atoms. The Morgan fingerprint density at radius 2 is 1.27 bits per heavy atom. The Morgan fingerprint density at radius 1 is 0.769 bits per heavy atom. The van der Waals surface area contributed by atoms with Crippen molar-refractivity contribution in [3.8, 4) is 0 Å². The van der Waals surface area contributed by atoms with Crippen LogP contribution in [0.5, 0.6) is 0 Å². The van der Waals surface area contributed by atoms with Crippen molar-refractivity contribution in [1.82, 2.24) is 0 Å². The number of hydrogen-bond acceptors (Lipinski definition) is 2. The Morgan fingerprint density at radius 3 is 1.81 bits per heavy atom. The van der Waals surface area contributed by atoms with Crippen LogP contribution in [0.25, 0.3) is 5.70 Å². The summed E-state index contributed by atoms with van der Waals surface area (Å²) in [5, 5.41) is 4.19. The molecular weight excluding hydrogens is 389 g/mol. The summed E-state index contributed by atoms with van der Waals surface area (Å²) in [6, 6.07) is 22.0. The van der Waals surface area contributed by atoms with Crippen LogP contribution in [0.4, 0.5) is 5.69 Å². The number of nitrogens with one attached hydrogen (secondary N) is 1. The third-order valence-corrected chi connectivity index (χ3v) is 4.88. The van der Waals surface area contributed by atoms with Gasteiger partial charge in [0.2, 0.25) is 0 Å². The Kier molecular flexibility index (Phi) is 6.00. The standard InChI is InChI=1S/C21H14Cl3NO/c22-17-11-16(12-18(23)21(17)24)25-19(14-7-3-1-4-8-14)13-20(26)15-9-5-2-6-10-15/h1-13,25H/b19-13-. The molecule has 3 aromatic carbocycles. The van der Waals surface area contributed by atoms with E-state index in [-0.39, 0.29) is 5.78 Å². The Hall–Kier alpha value is -2.26. The molecule has 0 aliphatic carbocycles. The molecule has 2 nitrogen and oxygen atoms in total. The van der Waals surface area contributed by atoms with E-state index >= 15 is 0 Å². The maximum absolute atomic E-state index is 12.6. The number of halogens is 3. The Labute approximate surface area is 167 Å². The summed E-state index contributed by atoms with van der Waals surface area (Å²) < 4.78 is 0. The van der Waals surface area contributed by atoms with E-state index < -0.39 is 0 Å². The van der Waals surface area contributed by atoms with Gasteiger partial charge in [0.05, 0.1) is 15.1 Å². The minimum absolute atomic E-state index is 0.108. The number of hydrogen-bond donors (Lipinski definition) is 1. The molecule has 0 saturated heterocycles. The van der Waals surface area contributed by atoms with E-state index in [1.807, 2.05) is 48.5 Å². The van der Waals surface area contributed by atoms with Gasteiger partial charge >= 0.3 is 0 Å². The molecule has 5 heteroatoms. The van der Waals surface area contributed by atoms with Gasteiger partial charge in [0.15, 0.2) is 5.78 Å². The maximum atomic E-state index is 12.6. The van der Waals surface area contributed by atoms with Crippen LogP contribution in [0.15, 0.2) is 78.9 Å². The van der Waals surface area contributed by atoms with Crippen molar-refractivity contribution in [3.63, 3.8) is 0 Å². The van der Waals surface area contributed by atoms with Gasteiger partial charge in [-0.1, -0.05) is 95.5 Å². The third kappa shape index (κ3) is 4.47. The third-order valence-electron chi connectivity index (χ3n) is 3.68. The first-order chi connectivity index (χ1) is 12.5. The molecule has 0 fully saturated rings. The molecule has 0 radical (unpaired) electrons. The van der Waals surface area contributed by atoms with Gasteiger partial charge in [0, 0.05) is 23.0 Å². The molecule has 0 saturated carbocycles. The monoisotopic (exact) mass is 401 g/mol. The first-order valence-electron chi connectivity index (χ1n) is 7.82. The summed E-state index contributed by atoms with van der Waals surface area (Å²) in [5.41, 5.74) is 2.74. The molecule has 0 aliphatic heterocycles. The van der Waals surface area contributed by atoms with Gasteiger partial charge in [0.25, 0.3) is 0 Å². The number of benzene rings is 3. The summed E-state index contributed by atoms with van der Waals surface area (Å²) in [6.45, 7) is 0. The molecule has 0 atom stereocenters. The molecule has 0 spiro atoms. The minimum atomic E-state index is -0.108. The molecule has 0 aromatic heterocycles. The van der Waals surface area contributed by atoms with E-state index in [0.29, 0.717) is 32.0 Å². The van der Waals surface area contributed by atoms with Crippen molar-refractivity contribution in [2.24, 2.45) is 0 Å². The zero-order valence-electron chi connectivity index (χ0n) is 13.5. The first-order valence-corrected chi connectivity index (χ1v) is 8.96. The fourth-order valence-electron chi connectivity index (χ4n) is 2.41. The highest BCUT2D eigenvalue weighted by molar-refractivity contribution is 6.48. The normalized spacial score (nSPS) is 11.3. The van der Waals surface area contributed by atoms with Gasteiger partial charge in [-0.15, -0.1) is 0 Å². The van der Waals surface area contributed by atoms with E-state index in [4.69, 9.17) is 34.8 Å². The lowest BCUT2D eigenvalue weighted by atomic mass is 10.1. The molecule has 3 rings (SSSR count). The summed E-state index contributed by atoms with van der Waals surface area (Å²) >= 11 is 18.2. The van der Waals surface area contributed by atoms with Crippen LogP contribution in [0.1, 0.15) is 15.9 Å². The second kappa shape index (κ2) is 8.41. The average Bonchev–Trinajstić information content (AvgIpc) is 2.67. The number of carbonyl (C=O) groups excluding carboxylic acids is 1. The smallest absolute Gasteiger partial charge is 0.187 e. The molecule has 0 aliphatic rings. The van der Waals surface area contributed by atoms with Crippen LogP contribution in [-0.2, 0) is 0 Å². The fourth-order valence-corrected chi connectivity index (χ4v) is 3.01. The lowest BCUT2D eigenvalue weighted by Crippen LogP contribution is -2.03. The highest BCUT2D eigenvalue weighted by atomic mass is 35.5. The second-order valence-electron chi connectivity index (χ2n) is 5.53. The number of carbonyl (C=O) groups is 1. The second-order valence-corrected chi connectivity index (χ2v) is 6.73. The number of allylic oxidation sites excluding steroid dienone is 1. The molecular formula is C21H14Cl3NO. The minimum Gasteiger partial charge on any atom is -0.355 e. The maximum Gasteiger partial charge on any atom is 0.187 e. The highest BCUT2D eigenvalue weighted by Crippen LogP contribution is 2.34. The van der Waals surface area contributed by atoms with Crippen molar-refractivity contribution < 1.29 is 4.79 Å². The zero-order valence-corrected chi connectivity index (χ0v) is 15.8. The molecule has 3 aromatic rings. The van der Waals surface area contributed by atoms with Crippen LogP contribution in [0.2, 0.25) is 15.1 Å². The molecule has 0 unspecified atom stereocenters. The number of anilines is 1. The largest absolute Gasteiger partial charge is 0.355 e. The zero-order chi connectivity index (χ0) is 18.5. The van der Waals surface area contributed by atoms with Crippen LogP contribution in [0.3, 0.4) is 0 Å². The van der Waals surface area contributed by atoms with Gasteiger partial charge in [-0.05, 0) is 17.7 Å². The quantitative estimate of drug-likeness (QED) is 0.283. The topological polar surface area (TPSA) is 29.1 Å². The van der Waals surface area contributed by atoms with Gasteiger partial charge in [-0.2, -0.15) is 0 Å². The SMILES string of the molecule is O=C(/C=C(\Nc1cc(Cl)c(Cl)c(Cl)c1)c1ccccc1)c1ccccc1. The fraction of sp³-hybridized carbons (Fsp3) is 0. The summed E-state index contributed by atoms with van der Waals surface area (Å²) in [5.74, 6) is -0.108. The van der Waals surface area contributed by atoms with E-state index in [1.54, 1.807) is 30.3 Å². The van der Waals surface area contributed by atoms with Gasteiger partial charge in [-0.3, -0.25) is 4.79 Å². The molecule has 0 amide bonds. The summed E-state index contributed by atoms with van der Waals surface area (Å²) in [4.78, 5) is 12.6. The highest BCUT2D eigenvalue weighted by Gasteiger charge is 2.10. The first kappa shape index (κ1) is 18.5. The molecule has 130 valence electrons. The Balaban J connectivity index is 1.99. The van der Waals surface area contributed by atoms with E-state index in [1.165, 1.54) is 0 Å². The molecule has 26 heavy (non-hydrogen) atoms. The molecule has 1 N–H and O–H groups in total. The van der Waals surface area contributed by atoms with Crippen LogP contribution in [-0.4, -0.2) is 5.78 Å². The van der Waals surface area contributed by atoms with Gasteiger partial charge in [-0.25, -0.2) is 0 Å². The van der Waals surface area contributed by atoms with E-state index in [9.17, 15) is 4.79 Å². The number of ketones is 1. The number of rotatable bonds is 5. The van der Waals surface area contributed by atoms with E-state index in [0.717, 1.165) is 5.56 Å². The lowest BCUT2D eigenvalue weighted by Gasteiger charge is -2.13. The van der Waals surface area contributed by atoms with Crippen molar-refractivity contribution in [2.45, 2.75) is 0 Å².